The number of hydrazine groups is 1. The van der Waals surface area contributed by atoms with E-state index in [1.807, 2.05) is 6.92 Å². The first-order valence-corrected chi connectivity index (χ1v) is 12.1. The highest BCUT2D eigenvalue weighted by Crippen LogP contribution is 2.21. The fraction of sp³-hybridized carbons (Fsp3) is 0.179. The third-order valence-electron chi connectivity index (χ3n) is 6.06. The van der Waals surface area contributed by atoms with Gasteiger partial charge in [0.1, 0.15) is 11.3 Å². The molecule has 1 saturated heterocycles. The quantitative estimate of drug-likeness (QED) is 0.140. The number of aryl methyl sites for hydroxylation is 1. The van der Waals surface area contributed by atoms with Gasteiger partial charge in [0, 0.05) is 18.1 Å². The highest BCUT2D eigenvalue weighted by Gasteiger charge is 2.37. The number of nitro benzene ring substituents is 1. The van der Waals surface area contributed by atoms with Gasteiger partial charge >= 0.3 is 11.9 Å². The van der Waals surface area contributed by atoms with E-state index in [2.05, 4.69) is 5.43 Å². The number of nitrogens with zero attached hydrogens (tertiary/aromatic N) is 2. The smallest absolute Gasteiger partial charge is 0.343 e. The number of amides is 2. The molecule has 1 N–H and O–H groups in total. The van der Waals surface area contributed by atoms with Gasteiger partial charge in [-0.05, 0) is 49.4 Å². The fourth-order valence-corrected chi connectivity index (χ4v) is 3.88. The van der Waals surface area contributed by atoms with Gasteiger partial charge in [0.05, 0.1) is 22.9 Å². The lowest BCUT2D eigenvalue weighted by Gasteiger charge is -2.17. The molecule has 1 aliphatic heterocycles. The molecule has 2 amide bonds. The summed E-state index contributed by atoms with van der Waals surface area (Å²) in [6, 6.07) is 17.8. The van der Waals surface area contributed by atoms with E-state index in [9.17, 15) is 34.1 Å². The van der Waals surface area contributed by atoms with E-state index in [1.54, 1.807) is 24.3 Å². The Labute approximate surface area is 227 Å². The minimum Gasteiger partial charge on any atom is -0.457 e. The zero-order valence-electron chi connectivity index (χ0n) is 21.2. The Balaban J connectivity index is 1.27. The molecule has 0 unspecified atom stereocenters. The maximum Gasteiger partial charge on any atom is 0.343 e. The Morgan fingerprint density at radius 1 is 0.975 bits per heavy atom. The molecule has 0 spiro atoms. The molecule has 1 heterocycles. The summed E-state index contributed by atoms with van der Waals surface area (Å²) in [6.07, 6.45) is -0.273. The fourth-order valence-electron chi connectivity index (χ4n) is 3.88. The number of carbonyl (C=O) groups excluding carboxylic acids is 5. The van der Waals surface area contributed by atoms with Gasteiger partial charge in [-0.15, -0.1) is 0 Å². The van der Waals surface area contributed by atoms with Crippen molar-refractivity contribution in [1.82, 2.24) is 10.4 Å². The number of rotatable bonds is 9. The SMILES string of the molecule is Cc1ccc(C(=O)Oc2ccc(C(=O)COC(=O)[C@@H]3CC(=O)N(NC(=O)c4ccccc4[N+](=O)[O-])C3)cc2)cc1. The Hall–Kier alpha value is -5.39. The van der Waals surface area contributed by atoms with Crippen molar-refractivity contribution in [1.29, 1.82) is 0 Å². The first-order chi connectivity index (χ1) is 19.1. The molecule has 4 rings (SSSR count). The summed E-state index contributed by atoms with van der Waals surface area (Å²) in [5.74, 6) is -4.06. The maximum atomic E-state index is 12.5. The number of esters is 2. The van der Waals surface area contributed by atoms with E-state index in [0.29, 0.717) is 5.56 Å². The van der Waals surface area contributed by atoms with Gasteiger partial charge in [0.25, 0.3) is 11.6 Å². The van der Waals surface area contributed by atoms with Crippen molar-refractivity contribution in [2.75, 3.05) is 13.2 Å². The first kappa shape index (κ1) is 27.6. The van der Waals surface area contributed by atoms with Gasteiger partial charge in [-0.3, -0.25) is 39.7 Å². The average molecular weight is 546 g/mol. The van der Waals surface area contributed by atoms with Crippen LogP contribution >= 0.6 is 0 Å². The van der Waals surface area contributed by atoms with Gasteiger partial charge in [0.2, 0.25) is 5.91 Å². The van der Waals surface area contributed by atoms with Crippen LogP contribution in [0, 0.1) is 23.0 Å². The van der Waals surface area contributed by atoms with Crippen molar-refractivity contribution >= 4 is 35.2 Å². The lowest BCUT2D eigenvalue weighted by Crippen LogP contribution is -2.43. The lowest BCUT2D eigenvalue weighted by atomic mass is 10.1. The van der Waals surface area contributed by atoms with Crippen LogP contribution in [0.4, 0.5) is 5.69 Å². The number of para-hydroxylation sites is 1. The summed E-state index contributed by atoms with van der Waals surface area (Å²) >= 11 is 0. The van der Waals surface area contributed by atoms with E-state index in [1.165, 1.54) is 42.5 Å². The zero-order chi connectivity index (χ0) is 28.8. The normalized spacial score (nSPS) is 14.4. The molecule has 204 valence electrons. The highest BCUT2D eigenvalue weighted by molar-refractivity contribution is 6.00. The van der Waals surface area contributed by atoms with Crippen LogP contribution in [0.25, 0.3) is 0 Å². The number of ether oxygens (including phenoxy) is 2. The molecule has 12 heteroatoms. The zero-order valence-corrected chi connectivity index (χ0v) is 21.2. The number of carbonyl (C=O) groups is 5. The van der Waals surface area contributed by atoms with Crippen molar-refractivity contribution < 1.29 is 38.4 Å². The van der Waals surface area contributed by atoms with Crippen LogP contribution in [0.15, 0.2) is 72.8 Å². The summed E-state index contributed by atoms with van der Waals surface area (Å²) < 4.78 is 10.4. The van der Waals surface area contributed by atoms with Gasteiger partial charge < -0.3 is 9.47 Å². The van der Waals surface area contributed by atoms with E-state index in [0.717, 1.165) is 16.6 Å². The second kappa shape index (κ2) is 12.0. The van der Waals surface area contributed by atoms with Crippen LogP contribution in [-0.4, -0.2) is 52.6 Å². The van der Waals surface area contributed by atoms with Crippen molar-refractivity contribution in [3.05, 3.63) is 105 Å². The molecule has 40 heavy (non-hydrogen) atoms. The molecule has 3 aromatic rings. The van der Waals surface area contributed by atoms with Crippen molar-refractivity contribution in [2.45, 2.75) is 13.3 Å². The number of benzene rings is 3. The number of hydrogen-bond donors (Lipinski definition) is 1. The van der Waals surface area contributed by atoms with Crippen LogP contribution in [-0.2, 0) is 14.3 Å². The second-order valence-corrected chi connectivity index (χ2v) is 8.93. The van der Waals surface area contributed by atoms with Crippen molar-refractivity contribution in [3.63, 3.8) is 0 Å². The molecule has 0 saturated carbocycles. The Morgan fingerprint density at radius 3 is 2.30 bits per heavy atom. The Morgan fingerprint density at radius 2 is 1.62 bits per heavy atom. The second-order valence-electron chi connectivity index (χ2n) is 8.93. The molecule has 1 fully saturated rings. The summed E-state index contributed by atoms with van der Waals surface area (Å²) in [7, 11) is 0. The molecule has 0 bridgehead atoms. The molecule has 1 aliphatic rings. The minimum absolute atomic E-state index is 0.212. The van der Waals surface area contributed by atoms with Crippen LogP contribution < -0.4 is 10.2 Å². The molecule has 12 nitrogen and oxygen atoms in total. The highest BCUT2D eigenvalue weighted by atomic mass is 16.6. The van der Waals surface area contributed by atoms with Crippen LogP contribution in [0.5, 0.6) is 5.75 Å². The van der Waals surface area contributed by atoms with E-state index >= 15 is 0 Å². The largest absolute Gasteiger partial charge is 0.457 e. The third-order valence-corrected chi connectivity index (χ3v) is 6.06. The minimum atomic E-state index is -0.949. The van der Waals surface area contributed by atoms with Gasteiger partial charge in [-0.2, -0.15) is 0 Å². The van der Waals surface area contributed by atoms with E-state index in [-0.39, 0.29) is 29.8 Å². The standard InChI is InChI=1S/C28H23N3O9/c1-17-6-8-19(9-7-17)28(36)40-21-12-10-18(11-13-21)24(32)16-39-27(35)20-14-25(33)30(15-20)29-26(34)22-4-2-3-5-23(22)31(37)38/h2-13,20H,14-16H2,1H3,(H,29,34)/t20-/m1/s1. The predicted molar refractivity (Wildman–Crippen MR) is 138 cm³/mol. The summed E-state index contributed by atoms with van der Waals surface area (Å²) in [4.78, 5) is 72.5. The number of hydrogen-bond acceptors (Lipinski definition) is 9. The van der Waals surface area contributed by atoms with E-state index < -0.39 is 52.7 Å². The molecule has 1 atom stereocenters. The molecule has 0 radical (unpaired) electrons. The Bertz CT molecular complexity index is 1480. The topological polar surface area (TPSA) is 162 Å². The van der Waals surface area contributed by atoms with Gasteiger partial charge in [-0.25, -0.2) is 4.79 Å². The van der Waals surface area contributed by atoms with E-state index in [4.69, 9.17) is 9.47 Å². The van der Waals surface area contributed by atoms with Crippen molar-refractivity contribution in [2.24, 2.45) is 5.92 Å². The van der Waals surface area contributed by atoms with Crippen LogP contribution in [0.3, 0.4) is 0 Å². The number of ketones is 1. The average Bonchev–Trinajstić information content (AvgIpc) is 3.32. The molecule has 0 aromatic heterocycles. The molecule has 3 aromatic carbocycles. The van der Waals surface area contributed by atoms with Gasteiger partial charge in [0.15, 0.2) is 12.4 Å². The predicted octanol–water partition coefficient (Wildman–Crippen LogP) is 3.04. The summed E-state index contributed by atoms with van der Waals surface area (Å²) in [5, 5.41) is 12.0. The molecule has 0 aliphatic carbocycles. The number of nitrogens with one attached hydrogen (secondary N) is 1. The van der Waals surface area contributed by atoms with Crippen LogP contribution in [0.2, 0.25) is 0 Å². The first-order valence-electron chi connectivity index (χ1n) is 12.1. The number of nitro groups is 1. The number of Topliss-reactive ketones (excluding diaryl/α,β-unsaturated/α-hetero) is 1. The lowest BCUT2D eigenvalue weighted by molar-refractivity contribution is -0.385. The molecular weight excluding hydrogens is 522 g/mol. The van der Waals surface area contributed by atoms with Gasteiger partial charge in [-0.1, -0.05) is 29.8 Å². The maximum absolute atomic E-state index is 12.5. The summed E-state index contributed by atoms with van der Waals surface area (Å²) in [5.41, 5.74) is 3.19. The third kappa shape index (κ3) is 6.54. The summed E-state index contributed by atoms with van der Waals surface area (Å²) in [6.45, 7) is 1.09. The molecular formula is C28H23N3O9. The Kier molecular flexibility index (Phi) is 8.28. The van der Waals surface area contributed by atoms with Crippen molar-refractivity contribution in [3.8, 4) is 5.75 Å². The van der Waals surface area contributed by atoms with Crippen LogP contribution in [0.1, 0.15) is 43.1 Å². The monoisotopic (exact) mass is 545 g/mol.